The van der Waals surface area contributed by atoms with Crippen LogP contribution in [0.2, 0.25) is 0 Å². The zero-order valence-electron chi connectivity index (χ0n) is 39.4. The van der Waals surface area contributed by atoms with Gasteiger partial charge in [-0.3, -0.25) is 0 Å². The Morgan fingerprint density at radius 3 is 1.29 bits per heavy atom. The number of rotatable bonds is 11. The van der Waals surface area contributed by atoms with Crippen LogP contribution in [-0.2, 0) is 11.8 Å². The van der Waals surface area contributed by atoms with Crippen LogP contribution in [0.3, 0.4) is 0 Å². The molecule has 0 radical (unpaired) electrons. The second-order valence-corrected chi connectivity index (χ2v) is 19.6. The molecule has 0 N–H and O–H groups in total. The molecule has 2 bridgehead atoms. The Labute approximate surface area is 391 Å². The Morgan fingerprint density at radius 1 is 0.470 bits per heavy atom. The summed E-state index contributed by atoms with van der Waals surface area (Å²) >= 11 is 0. The second kappa shape index (κ2) is 18.4. The molecule has 2 heterocycles. The van der Waals surface area contributed by atoms with Crippen molar-refractivity contribution >= 4 is 23.1 Å². The van der Waals surface area contributed by atoms with Gasteiger partial charge in [0.1, 0.15) is 11.6 Å². The van der Waals surface area contributed by atoms with Crippen LogP contribution in [0.15, 0.2) is 140 Å². The van der Waals surface area contributed by atoms with Crippen molar-refractivity contribution in [3.63, 3.8) is 0 Å². The first-order valence-electron chi connectivity index (χ1n) is 24.0. The Balaban J connectivity index is 1.08. The summed E-state index contributed by atoms with van der Waals surface area (Å²) in [7, 11) is 0. The van der Waals surface area contributed by atoms with E-state index in [-0.39, 0.29) is 12.1 Å². The molecule has 2 aromatic heterocycles. The van der Waals surface area contributed by atoms with Crippen LogP contribution in [-0.4, -0.2) is 36.6 Å². The molecule has 328 valence electrons. The van der Waals surface area contributed by atoms with Crippen molar-refractivity contribution in [3.05, 3.63) is 185 Å². The average Bonchev–Trinajstić information content (AvgIpc) is 3.33. The summed E-state index contributed by atoms with van der Waals surface area (Å²) in [5.74, 6) is 5.83. The summed E-state index contributed by atoms with van der Waals surface area (Å²) in [4.78, 5) is 31.7. The fourth-order valence-corrected chi connectivity index (χ4v) is 11.8. The van der Waals surface area contributed by atoms with E-state index in [1.54, 1.807) is 0 Å². The fraction of sp³-hybridized carbons (Fsp3) is 0.288. The second-order valence-electron chi connectivity index (χ2n) is 19.6. The monoisotopic (exact) mass is 862 g/mol. The molecular weight excluding hydrogens is 804 g/mol. The molecule has 0 aliphatic heterocycles. The summed E-state index contributed by atoms with van der Waals surface area (Å²) in [6.45, 7) is 13.6. The normalized spacial score (nSPS) is 18.0. The molecule has 2 saturated carbocycles. The molecular formula is C59H59BN6. The summed E-state index contributed by atoms with van der Waals surface area (Å²) in [6.07, 6.45) is 8.73. The Hall–Kier alpha value is -6.60. The predicted molar refractivity (Wildman–Crippen MR) is 272 cm³/mol. The van der Waals surface area contributed by atoms with E-state index in [4.69, 9.17) is 29.9 Å². The topological polar surface area (TPSA) is 77.3 Å². The van der Waals surface area contributed by atoms with Crippen molar-refractivity contribution in [2.24, 2.45) is 11.8 Å². The quantitative estimate of drug-likeness (QED) is 0.121. The maximum Gasteiger partial charge on any atom is 0.242 e. The number of aromatic nitrogens is 6. The van der Waals surface area contributed by atoms with Crippen molar-refractivity contribution in [1.82, 2.24) is 29.9 Å². The van der Waals surface area contributed by atoms with Gasteiger partial charge in [-0.2, -0.15) is 0 Å². The highest BCUT2D eigenvalue weighted by Gasteiger charge is 2.46. The molecule has 2 atom stereocenters. The maximum atomic E-state index is 5.59. The van der Waals surface area contributed by atoms with Gasteiger partial charge in [0, 0.05) is 34.1 Å². The van der Waals surface area contributed by atoms with Crippen molar-refractivity contribution < 1.29 is 0 Å². The molecule has 2 aliphatic rings. The van der Waals surface area contributed by atoms with Gasteiger partial charge in [0.2, 0.25) is 6.71 Å². The third-order valence-corrected chi connectivity index (χ3v) is 14.5. The minimum absolute atomic E-state index is 0.0826. The van der Waals surface area contributed by atoms with Gasteiger partial charge in [-0.15, -0.1) is 0 Å². The molecule has 2 fully saturated rings. The Bertz CT molecular complexity index is 2830. The van der Waals surface area contributed by atoms with E-state index < -0.39 is 0 Å². The molecule has 66 heavy (non-hydrogen) atoms. The maximum absolute atomic E-state index is 5.59. The van der Waals surface area contributed by atoms with Gasteiger partial charge >= 0.3 is 0 Å². The molecule has 2 aliphatic carbocycles. The summed E-state index contributed by atoms with van der Waals surface area (Å²) < 4.78 is 0. The number of fused-ring (bicyclic) bond motifs is 2. The summed E-state index contributed by atoms with van der Waals surface area (Å²) in [5, 5.41) is 0. The molecule has 6 aromatic carbocycles. The fourth-order valence-electron chi connectivity index (χ4n) is 11.8. The highest BCUT2D eigenvalue weighted by atomic mass is 15.1. The highest BCUT2D eigenvalue weighted by molar-refractivity contribution is 6.96. The first-order chi connectivity index (χ1) is 32.1. The van der Waals surface area contributed by atoms with E-state index in [2.05, 4.69) is 145 Å². The molecule has 8 aromatic rings. The van der Waals surface area contributed by atoms with Crippen molar-refractivity contribution in [1.29, 1.82) is 0 Å². The average molecular weight is 863 g/mol. The lowest BCUT2D eigenvalue weighted by atomic mass is 9.34. The lowest BCUT2D eigenvalue weighted by Crippen LogP contribution is -2.55. The van der Waals surface area contributed by atoms with Gasteiger partial charge in [0.25, 0.3) is 0 Å². The number of hydrogen-bond acceptors (Lipinski definition) is 6. The first kappa shape index (κ1) is 43.3. The molecule has 2 unspecified atom stereocenters. The smallest absolute Gasteiger partial charge is 0.213 e. The lowest BCUT2D eigenvalue weighted by molar-refractivity contribution is 0.0974. The van der Waals surface area contributed by atoms with E-state index in [1.807, 2.05) is 36.4 Å². The van der Waals surface area contributed by atoms with E-state index in [9.17, 15) is 0 Å². The van der Waals surface area contributed by atoms with Gasteiger partial charge in [0.05, 0.1) is 0 Å². The minimum atomic E-state index is -0.270. The minimum Gasteiger partial charge on any atom is -0.213 e. The van der Waals surface area contributed by atoms with Crippen LogP contribution < -0.4 is 16.4 Å². The van der Waals surface area contributed by atoms with Crippen LogP contribution >= 0.6 is 0 Å². The van der Waals surface area contributed by atoms with Crippen molar-refractivity contribution in [2.45, 2.75) is 98.3 Å². The highest BCUT2D eigenvalue weighted by Crippen LogP contribution is 2.51. The zero-order valence-corrected chi connectivity index (χ0v) is 39.4. The van der Waals surface area contributed by atoms with Crippen LogP contribution in [0.4, 0.5) is 0 Å². The Kier molecular flexibility index (Phi) is 12.0. The molecule has 0 amide bonds. The van der Waals surface area contributed by atoms with E-state index in [1.165, 1.54) is 75.5 Å². The molecule has 0 spiro atoms. The molecule has 0 saturated heterocycles. The number of hydrogen-bond donors (Lipinski definition) is 0. The summed E-state index contributed by atoms with van der Waals surface area (Å²) in [6, 6.07) is 49.5. The molecule has 7 heteroatoms. The third-order valence-electron chi connectivity index (χ3n) is 14.5. The molecule has 6 nitrogen and oxygen atoms in total. The van der Waals surface area contributed by atoms with Gasteiger partial charge in [-0.1, -0.05) is 209 Å². The van der Waals surface area contributed by atoms with Gasteiger partial charge in [-0.05, 0) is 79.1 Å². The van der Waals surface area contributed by atoms with Gasteiger partial charge < -0.3 is 0 Å². The largest absolute Gasteiger partial charge is 0.242 e. The van der Waals surface area contributed by atoms with Gasteiger partial charge in [-0.25, -0.2) is 29.9 Å². The van der Waals surface area contributed by atoms with E-state index in [0.29, 0.717) is 29.9 Å². The number of benzene rings is 6. The van der Waals surface area contributed by atoms with Crippen LogP contribution in [0, 0.1) is 53.4 Å². The van der Waals surface area contributed by atoms with Gasteiger partial charge in [0.15, 0.2) is 23.3 Å². The zero-order chi connectivity index (χ0) is 45.4. The lowest BCUT2D eigenvalue weighted by Gasteiger charge is -2.46. The third kappa shape index (κ3) is 8.88. The number of nitrogens with zero attached hydrogens (tertiary/aromatic N) is 6. The summed E-state index contributed by atoms with van der Waals surface area (Å²) in [5.41, 5.74) is 15.6. The van der Waals surface area contributed by atoms with E-state index in [0.717, 1.165) is 64.8 Å². The first-order valence-corrected chi connectivity index (χ1v) is 24.0. The predicted octanol–water partition coefficient (Wildman–Crippen LogP) is 11.6. The number of aryl methyl sites for hydroxylation is 7. The van der Waals surface area contributed by atoms with Crippen LogP contribution in [0.25, 0.3) is 45.6 Å². The Morgan fingerprint density at radius 2 is 0.864 bits per heavy atom. The SMILES string of the molecule is Cc1cc(C)c(B(c2ccc(-c3nc(-c4ccccc4)nc(C4(CCc5nc(-c6ccccc6)nc(-c6ccccc6)n5)CC5CCCC(C5)C4)n3)cc2)c2c(C)cc(C)cc2C)c(C)c1. The van der Waals surface area contributed by atoms with Crippen LogP contribution in [0.1, 0.15) is 90.0 Å². The van der Waals surface area contributed by atoms with Crippen LogP contribution in [0.5, 0.6) is 0 Å². The van der Waals surface area contributed by atoms with Crippen molar-refractivity contribution in [3.8, 4) is 45.6 Å². The van der Waals surface area contributed by atoms with E-state index >= 15 is 0 Å². The van der Waals surface area contributed by atoms with Crippen molar-refractivity contribution in [2.75, 3.05) is 0 Å². The standard InChI is InChI=1S/C59H59BN6/c1-38-31-40(3)52(41(4)32-38)60(53-42(5)33-39(2)34-43(53)6)50-27-25-49(26-28-50)57-64-56(48-23-14-9-15-24-48)65-58(66-57)59(36-44-17-16-18-45(35-44)37-59)30-29-51-61-54(46-19-10-7-11-20-46)63-55(62-51)47-21-12-8-13-22-47/h7-15,19-28,31-34,44-45H,16-18,29-30,35-37H2,1-6H3. The molecule has 10 rings (SSSR count).